The van der Waals surface area contributed by atoms with Crippen LogP contribution in [0.2, 0.25) is 6.55 Å². The SMILES string of the molecule is CCN(CC)CCOC(CCCSC(=O)COc1ccccc1)O[SiH2]C. The van der Waals surface area contributed by atoms with Gasteiger partial charge in [-0.25, -0.2) is 0 Å². The maximum Gasteiger partial charge on any atom is 0.226 e. The van der Waals surface area contributed by atoms with E-state index < -0.39 is 9.76 Å². The number of hydrogen-bond donors (Lipinski definition) is 0. The molecule has 0 aromatic heterocycles. The summed E-state index contributed by atoms with van der Waals surface area (Å²) in [5.74, 6) is 1.49. The van der Waals surface area contributed by atoms with E-state index in [0.29, 0.717) is 6.61 Å². The van der Waals surface area contributed by atoms with Crippen LogP contribution in [0.3, 0.4) is 0 Å². The number of rotatable bonds is 15. The Morgan fingerprint density at radius 3 is 2.62 bits per heavy atom. The summed E-state index contributed by atoms with van der Waals surface area (Å²) in [6.45, 7) is 10.2. The molecule has 0 saturated carbocycles. The van der Waals surface area contributed by atoms with Gasteiger partial charge in [0.05, 0.1) is 6.61 Å². The minimum Gasteiger partial charge on any atom is -0.485 e. The number of benzene rings is 1. The van der Waals surface area contributed by atoms with Gasteiger partial charge in [0.15, 0.2) is 16.4 Å². The molecule has 1 aromatic carbocycles. The van der Waals surface area contributed by atoms with E-state index in [1.54, 1.807) is 0 Å². The van der Waals surface area contributed by atoms with Gasteiger partial charge in [0.1, 0.15) is 12.0 Å². The third kappa shape index (κ3) is 11.0. The van der Waals surface area contributed by atoms with E-state index in [4.69, 9.17) is 13.9 Å². The molecule has 0 radical (unpaired) electrons. The molecule has 1 unspecified atom stereocenters. The minimum absolute atomic E-state index is 0.0543. The van der Waals surface area contributed by atoms with Crippen molar-refractivity contribution in [3.63, 3.8) is 0 Å². The Balaban J connectivity index is 2.14. The van der Waals surface area contributed by atoms with Crippen LogP contribution < -0.4 is 4.74 Å². The van der Waals surface area contributed by atoms with Gasteiger partial charge in [-0.05, 0) is 38.1 Å². The molecule has 0 spiro atoms. The lowest BCUT2D eigenvalue weighted by atomic mass is 10.3. The lowest BCUT2D eigenvalue weighted by Gasteiger charge is -2.22. The Labute approximate surface area is 164 Å². The highest BCUT2D eigenvalue weighted by Crippen LogP contribution is 2.13. The Hall–Kier alpha value is -0.863. The third-order valence-electron chi connectivity index (χ3n) is 3.91. The van der Waals surface area contributed by atoms with E-state index in [9.17, 15) is 4.79 Å². The maximum absolute atomic E-state index is 11.9. The van der Waals surface area contributed by atoms with E-state index in [1.165, 1.54) is 11.8 Å². The fraction of sp³-hybridized carbons (Fsp3) is 0.632. The standard InChI is InChI=1S/C19H33NO4SSi/c1-4-20(5-2)13-14-22-19(24-26-3)12-9-15-25-18(21)16-23-17-10-7-6-8-11-17/h6-8,10-11,19H,4-5,9,12-16,26H2,1-3H3. The van der Waals surface area contributed by atoms with Gasteiger partial charge in [-0.15, -0.1) is 0 Å². The van der Waals surface area contributed by atoms with E-state index >= 15 is 0 Å². The van der Waals surface area contributed by atoms with E-state index in [2.05, 4.69) is 25.3 Å². The van der Waals surface area contributed by atoms with Crippen LogP contribution in [0.1, 0.15) is 26.7 Å². The zero-order chi connectivity index (χ0) is 19.0. The monoisotopic (exact) mass is 399 g/mol. The summed E-state index contributed by atoms with van der Waals surface area (Å²) < 4.78 is 17.1. The molecule has 0 bridgehead atoms. The van der Waals surface area contributed by atoms with Crippen LogP contribution in [0.4, 0.5) is 0 Å². The molecule has 0 heterocycles. The second-order valence-electron chi connectivity index (χ2n) is 5.75. The fourth-order valence-electron chi connectivity index (χ4n) is 2.39. The van der Waals surface area contributed by atoms with Crippen molar-refractivity contribution >= 4 is 26.6 Å². The second-order valence-corrected chi connectivity index (χ2v) is 7.81. The number of ether oxygens (including phenoxy) is 2. The lowest BCUT2D eigenvalue weighted by Crippen LogP contribution is -2.29. The first-order chi connectivity index (χ1) is 12.7. The average molecular weight is 400 g/mol. The highest BCUT2D eigenvalue weighted by molar-refractivity contribution is 8.13. The summed E-state index contributed by atoms with van der Waals surface area (Å²) in [4.78, 5) is 14.2. The largest absolute Gasteiger partial charge is 0.485 e. The Bertz CT molecular complexity index is 474. The lowest BCUT2D eigenvalue weighted by molar-refractivity contribution is -0.112. The molecule has 148 valence electrons. The first kappa shape index (κ1) is 23.2. The molecular weight excluding hydrogens is 366 g/mol. The van der Waals surface area contributed by atoms with Crippen molar-refractivity contribution < 1.29 is 18.7 Å². The zero-order valence-electron chi connectivity index (χ0n) is 16.3. The van der Waals surface area contributed by atoms with Crippen molar-refractivity contribution in [1.29, 1.82) is 0 Å². The molecule has 0 aliphatic rings. The molecule has 0 saturated heterocycles. The number of carbonyl (C=O) groups excluding carboxylic acids is 1. The van der Waals surface area contributed by atoms with Gasteiger partial charge < -0.3 is 18.8 Å². The molecule has 0 fully saturated rings. The van der Waals surface area contributed by atoms with Gasteiger partial charge in [0.25, 0.3) is 0 Å². The van der Waals surface area contributed by atoms with Crippen molar-refractivity contribution in [1.82, 2.24) is 4.90 Å². The van der Waals surface area contributed by atoms with Crippen LogP contribution in [0.15, 0.2) is 30.3 Å². The molecule has 0 aliphatic carbocycles. The van der Waals surface area contributed by atoms with Crippen molar-refractivity contribution in [3.05, 3.63) is 30.3 Å². The average Bonchev–Trinajstić information content (AvgIpc) is 2.67. The second kappa shape index (κ2) is 15.2. The number of nitrogens with zero attached hydrogens (tertiary/aromatic N) is 1. The molecule has 0 aliphatic heterocycles. The first-order valence-corrected chi connectivity index (χ1v) is 12.5. The van der Waals surface area contributed by atoms with Crippen LogP contribution in [0.25, 0.3) is 0 Å². The fourth-order valence-corrected chi connectivity index (χ4v) is 3.71. The summed E-state index contributed by atoms with van der Waals surface area (Å²) in [5.41, 5.74) is 0. The van der Waals surface area contributed by atoms with Crippen molar-refractivity contribution in [3.8, 4) is 5.75 Å². The molecule has 1 rings (SSSR count). The molecule has 0 amide bonds. The highest BCUT2D eigenvalue weighted by atomic mass is 32.2. The van der Waals surface area contributed by atoms with Crippen molar-refractivity contribution in [2.45, 2.75) is 39.5 Å². The number of hydrogen-bond acceptors (Lipinski definition) is 6. The number of thioether (sulfide) groups is 1. The van der Waals surface area contributed by atoms with Crippen LogP contribution in [-0.2, 0) is 14.0 Å². The normalized spacial score (nSPS) is 12.8. The molecular formula is C19H33NO4SSi. The van der Waals surface area contributed by atoms with Crippen molar-refractivity contribution in [2.75, 3.05) is 38.6 Å². The number of carbonyl (C=O) groups is 1. The van der Waals surface area contributed by atoms with Crippen LogP contribution >= 0.6 is 11.8 Å². The smallest absolute Gasteiger partial charge is 0.226 e. The first-order valence-electron chi connectivity index (χ1n) is 9.48. The number of para-hydroxylation sites is 1. The van der Waals surface area contributed by atoms with Crippen LogP contribution in [0.5, 0.6) is 5.75 Å². The Morgan fingerprint density at radius 1 is 1.23 bits per heavy atom. The van der Waals surface area contributed by atoms with Gasteiger partial charge in [-0.2, -0.15) is 0 Å². The summed E-state index contributed by atoms with van der Waals surface area (Å²) in [6, 6.07) is 9.41. The third-order valence-corrected chi connectivity index (χ3v) is 5.54. The molecule has 1 atom stereocenters. The van der Waals surface area contributed by atoms with Crippen LogP contribution in [-0.4, -0.2) is 64.7 Å². The maximum atomic E-state index is 11.9. The van der Waals surface area contributed by atoms with Crippen molar-refractivity contribution in [2.24, 2.45) is 0 Å². The molecule has 7 heteroatoms. The summed E-state index contributed by atoms with van der Waals surface area (Å²) in [6.07, 6.45) is 1.60. The quantitative estimate of drug-likeness (QED) is 0.257. The summed E-state index contributed by atoms with van der Waals surface area (Å²) in [7, 11) is -0.511. The highest BCUT2D eigenvalue weighted by Gasteiger charge is 2.10. The predicted molar refractivity (Wildman–Crippen MR) is 112 cm³/mol. The zero-order valence-corrected chi connectivity index (χ0v) is 18.5. The van der Waals surface area contributed by atoms with Gasteiger partial charge in [-0.3, -0.25) is 4.79 Å². The van der Waals surface area contributed by atoms with Gasteiger partial charge in [0.2, 0.25) is 5.12 Å². The van der Waals surface area contributed by atoms with E-state index in [-0.39, 0.29) is 18.0 Å². The minimum atomic E-state index is -0.511. The van der Waals surface area contributed by atoms with Gasteiger partial charge in [-0.1, -0.05) is 50.4 Å². The Morgan fingerprint density at radius 2 is 1.96 bits per heavy atom. The van der Waals surface area contributed by atoms with Crippen LogP contribution in [0, 0.1) is 0 Å². The topological polar surface area (TPSA) is 48.0 Å². The summed E-state index contributed by atoms with van der Waals surface area (Å²) >= 11 is 1.32. The molecule has 1 aromatic rings. The van der Waals surface area contributed by atoms with E-state index in [0.717, 1.165) is 44.0 Å². The predicted octanol–water partition coefficient (Wildman–Crippen LogP) is 2.94. The molecule has 26 heavy (non-hydrogen) atoms. The van der Waals surface area contributed by atoms with Gasteiger partial charge in [0, 0.05) is 12.3 Å². The number of likely N-dealkylation sites (N-methyl/N-ethyl adjacent to an activating group) is 1. The molecule has 0 N–H and O–H groups in total. The van der Waals surface area contributed by atoms with Gasteiger partial charge >= 0.3 is 0 Å². The van der Waals surface area contributed by atoms with E-state index in [1.807, 2.05) is 30.3 Å². The Kier molecular flexibility index (Phi) is 13.6. The summed E-state index contributed by atoms with van der Waals surface area (Å²) in [5, 5.41) is 0.0543. The molecule has 5 nitrogen and oxygen atoms in total.